The van der Waals surface area contributed by atoms with Crippen LogP contribution in [0.3, 0.4) is 0 Å². The average Bonchev–Trinajstić information content (AvgIpc) is 2.34. The zero-order valence-electron chi connectivity index (χ0n) is 5.42. The van der Waals surface area contributed by atoms with Gasteiger partial charge >= 0.3 is 5.97 Å². The van der Waals surface area contributed by atoms with Gasteiger partial charge in [-0.05, 0) is 6.42 Å². The van der Waals surface area contributed by atoms with Gasteiger partial charge in [-0.3, -0.25) is 4.79 Å². The molecule has 1 fully saturated rings. The molecule has 0 unspecified atom stereocenters. The Morgan fingerprint density at radius 2 is 2.60 bits per heavy atom. The lowest BCUT2D eigenvalue weighted by atomic mass is 10.0. The molecule has 0 saturated carbocycles. The number of rotatable bonds is 2. The van der Waals surface area contributed by atoms with Gasteiger partial charge < -0.3 is 9.84 Å². The molecule has 2 atom stereocenters. The van der Waals surface area contributed by atoms with Crippen molar-refractivity contribution in [2.75, 3.05) is 11.9 Å². The number of esters is 1. The maximum Gasteiger partial charge on any atom is 0.311 e. The first-order chi connectivity index (χ1) is 4.75. The molecule has 1 aliphatic rings. The average molecular weight is 209 g/mol. The highest BCUT2D eigenvalue weighted by Gasteiger charge is 2.32. The summed E-state index contributed by atoms with van der Waals surface area (Å²) in [5.74, 6) is -0.577. The van der Waals surface area contributed by atoms with Crippen LogP contribution in [0.4, 0.5) is 0 Å². The Morgan fingerprint density at radius 3 is 3.00 bits per heavy atom. The summed E-state index contributed by atoms with van der Waals surface area (Å²) in [5.41, 5.74) is 0. The van der Waals surface area contributed by atoms with Gasteiger partial charge in [0.1, 0.15) is 0 Å². The maximum absolute atomic E-state index is 10.8. The number of ether oxygens (including phenoxy) is 1. The van der Waals surface area contributed by atoms with Gasteiger partial charge in [0.05, 0.1) is 18.6 Å². The Balaban J connectivity index is 2.46. The van der Waals surface area contributed by atoms with Gasteiger partial charge in [-0.15, -0.1) is 0 Å². The minimum absolute atomic E-state index is 0.271. The van der Waals surface area contributed by atoms with Crippen LogP contribution in [-0.4, -0.2) is 29.1 Å². The third-order valence-corrected chi connectivity index (χ3v) is 2.26. The summed E-state index contributed by atoms with van der Waals surface area (Å²) in [6.45, 7) is 0.452. The third kappa shape index (κ3) is 1.49. The highest BCUT2D eigenvalue weighted by atomic mass is 79.9. The Hall–Kier alpha value is -0.0900. The molecule has 1 heterocycles. The molecule has 0 amide bonds. The molecule has 0 bridgehead atoms. The van der Waals surface area contributed by atoms with Crippen LogP contribution in [0.25, 0.3) is 0 Å². The van der Waals surface area contributed by atoms with Crippen LogP contribution in [0, 0.1) is 5.92 Å². The molecule has 0 aromatic heterocycles. The Bertz CT molecular complexity index is 137. The van der Waals surface area contributed by atoms with Crippen LogP contribution >= 0.6 is 15.9 Å². The van der Waals surface area contributed by atoms with Crippen molar-refractivity contribution in [1.82, 2.24) is 0 Å². The number of alkyl halides is 1. The van der Waals surface area contributed by atoms with Crippen molar-refractivity contribution in [3.63, 3.8) is 0 Å². The first-order valence-corrected chi connectivity index (χ1v) is 4.28. The second-order valence-corrected chi connectivity index (χ2v) is 2.93. The van der Waals surface area contributed by atoms with E-state index < -0.39 is 6.10 Å². The molecule has 1 saturated heterocycles. The number of aliphatic hydroxyl groups excluding tert-OH is 1. The van der Waals surface area contributed by atoms with E-state index in [1.807, 2.05) is 0 Å². The molecule has 0 spiro atoms. The molecule has 1 rings (SSSR count). The van der Waals surface area contributed by atoms with E-state index in [0.717, 1.165) is 0 Å². The monoisotopic (exact) mass is 208 g/mol. The quantitative estimate of drug-likeness (QED) is 0.525. The second kappa shape index (κ2) is 3.34. The molecular formula is C6H9BrO3. The number of hydrogen-bond donors (Lipinski definition) is 1. The molecule has 0 aromatic rings. The lowest BCUT2D eigenvalue weighted by molar-refractivity contribution is -0.143. The summed E-state index contributed by atoms with van der Waals surface area (Å²) in [6, 6.07) is 0. The van der Waals surface area contributed by atoms with Gasteiger partial charge in [0.25, 0.3) is 0 Å². The Kier molecular flexibility index (Phi) is 2.68. The van der Waals surface area contributed by atoms with E-state index in [9.17, 15) is 9.90 Å². The second-order valence-electron chi connectivity index (χ2n) is 2.28. The minimum atomic E-state index is -0.588. The number of aliphatic hydroxyl groups is 1. The van der Waals surface area contributed by atoms with Gasteiger partial charge in [-0.2, -0.15) is 0 Å². The zero-order valence-corrected chi connectivity index (χ0v) is 7.00. The Labute approximate surface area is 67.5 Å². The molecule has 58 valence electrons. The van der Waals surface area contributed by atoms with Crippen molar-refractivity contribution in [3.05, 3.63) is 0 Å². The first kappa shape index (κ1) is 8.01. The predicted molar refractivity (Wildman–Crippen MR) is 38.9 cm³/mol. The van der Waals surface area contributed by atoms with Gasteiger partial charge in [0, 0.05) is 5.33 Å². The number of hydrogen-bond acceptors (Lipinski definition) is 3. The number of cyclic esters (lactones) is 1. The van der Waals surface area contributed by atoms with E-state index in [0.29, 0.717) is 18.4 Å². The van der Waals surface area contributed by atoms with Crippen molar-refractivity contribution < 1.29 is 14.6 Å². The smallest absolute Gasteiger partial charge is 0.311 e. The van der Waals surface area contributed by atoms with Crippen LogP contribution in [0.5, 0.6) is 0 Å². The predicted octanol–water partition coefficient (Wildman–Crippen LogP) is 0.305. The standard InChI is InChI=1S/C6H9BrO3/c7-3-5(8)4-1-2-10-6(4)9/h4-5,8H,1-3H2/t4-,5-/m0/s1. The van der Waals surface area contributed by atoms with E-state index in [4.69, 9.17) is 0 Å². The van der Waals surface area contributed by atoms with E-state index in [-0.39, 0.29) is 11.9 Å². The van der Waals surface area contributed by atoms with Gasteiger partial charge in [-0.25, -0.2) is 0 Å². The normalized spacial score (nSPS) is 28.2. The van der Waals surface area contributed by atoms with Crippen molar-refractivity contribution >= 4 is 21.9 Å². The molecule has 1 N–H and O–H groups in total. The summed E-state index contributed by atoms with van der Waals surface area (Å²) in [4.78, 5) is 10.8. The molecule has 10 heavy (non-hydrogen) atoms. The number of halogens is 1. The van der Waals surface area contributed by atoms with E-state index in [1.54, 1.807) is 0 Å². The van der Waals surface area contributed by atoms with Gasteiger partial charge in [0.15, 0.2) is 0 Å². The molecule has 0 aliphatic carbocycles. The lowest BCUT2D eigenvalue weighted by Gasteiger charge is -2.09. The topological polar surface area (TPSA) is 46.5 Å². The van der Waals surface area contributed by atoms with Crippen molar-refractivity contribution in [3.8, 4) is 0 Å². The fraction of sp³-hybridized carbons (Fsp3) is 0.833. The fourth-order valence-electron chi connectivity index (χ4n) is 0.968. The molecule has 1 aliphatic heterocycles. The molecule has 0 aromatic carbocycles. The number of carbonyl (C=O) groups excluding carboxylic acids is 1. The molecule has 3 nitrogen and oxygen atoms in total. The van der Waals surface area contributed by atoms with Crippen molar-refractivity contribution in [2.24, 2.45) is 5.92 Å². The van der Waals surface area contributed by atoms with E-state index in [2.05, 4.69) is 20.7 Å². The molecular weight excluding hydrogens is 200 g/mol. The Morgan fingerprint density at radius 1 is 1.90 bits per heavy atom. The number of carbonyl (C=O) groups is 1. The van der Waals surface area contributed by atoms with Crippen LogP contribution in [0.2, 0.25) is 0 Å². The summed E-state index contributed by atoms with van der Waals surface area (Å²) >= 11 is 3.09. The zero-order chi connectivity index (χ0) is 7.56. The van der Waals surface area contributed by atoms with Crippen LogP contribution in [0.15, 0.2) is 0 Å². The van der Waals surface area contributed by atoms with Crippen molar-refractivity contribution in [1.29, 1.82) is 0 Å². The van der Waals surface area contributed by atoms with Gasteiger partial charge in [0.2, 0.25) is 0 Å². The first-order valence-electron chi connectivity index (χ1n) is 3.16. The van der Waals surface area contributed by atoms with Crippen LogP contribution in [0.1, 0.15) is 6.42 Å². The SMILES string of the molecule is O=C1OCC[C@H]1[C@@H](O)CBr. The summed E-state index contributed by atoms with van der Waals surface area (Å²) in [5, 5.41) is 9.62. The third-order valence-electron chi connectivity index (χ3n) is 1.60. The largest absolute Gasteiger partial charge is 0.465 e. The summed E-state index contributed by atoms with van der Waals surface area (Å²) < 4.78 is 4.67. The lowest BCUT2D eigenvalue weighted by Crippen LogP contribution is -2.25. The van der Waals surface area contributed by atoms with Crippen LogP contribution < -0.4 is 0 Å². The molecule has 4 heteroatoms. The highest BCUT2D eigenvalue weighted by Crippen LogP contribution is 2.19. The highest BCUT2D eigenvalue weighted by molar-refractivity contribution is 9.09. The summed E-state index contributed by atoms with van der Waals surface area (Å²) in [6.07, 6.45) is 0.0565. The minimum Gasteiger partial charge on any atom is -0.465 e. The van der Waals surface area contributed by atoms with Gasteiger partial charge in [-0.1, -0.05) is 15.9 Å². The molecule has 0 radical (unpaired) electrons. The van der Waals surface area contributed by atoms with E-state index in [1.165, 1.54) is 0 Å². The van der Waals surface area contributed by atoms with E-state index >= 15 is 0 Å². The maximum atomic E-state index is 10.8. The fourth-order valence-corrected chi connectivity index (χ4v) is 1.42. The van der Waals surface area contributed by atoms with Crippen molar-refractivity contribution in [2.45, 2.75) is 12.5 Å². The summed E-state index contributed by atoms with van der Waals surface area (Å²) in [7, 11) is 0. The van der Waals surface area contributed by atoms with Crippen LogP contribution in [-0.2, 0) is 9.53 Å².